The average molecular weight is 129 g/mol. The molecule has 8 heavy (non-hydrogen) atoms. The first-order chi connectivity index (χ1) is 3.80. The molecular formula is C7H9Cl. The van der Waals surface area contributed by atoms with Crippen LogP contribution in [-0.2, 0) is 0 Å². The van der Waals surface area contributed by atoms with Crippen molar-refractivity contribution in [1.82, 2.24) is 0 Å². The predicted octanol–water partition coefficient (Wildman–Crippen LogP) is 2.85. The molecule has 0 bridgehead atoms. The molecule has 0 radical (unpaired) electrons. The van der Waals surface area contributed by atoms with Crippen LogP contribution in [0.25, 0.3) is 0 Å². The monoisotopic (exact) mass is 128 g/mol. The third-order valence-electron chi connectivity index (χ3n) is 1.36. The van der Waals surface area contributed by atoms with Crippen molar-refractivity contribution in [1.29, 1.82) is 0 Å². The molecule has 1 rings (SSSR count). The molecule has 0 amide bonds. The van der Waals surface area contributed by atoms with Crippen LogP contribution in [0.5, 0.6) is 0 Å². The van der Waals surface area contributed by atoms with E-state index in [1.54, 1.807) is 0 Å². The molecule has 1 aliphatic rings. The third kappa shape index (κ3) is 1.13. The fourth-order valence-corrected chi connectivity index (χ4v) is 0.932. The number of hydrogen-bond acceptors (Lipinski definition) is 0. The zero-order valence-electron chi connectivity index (χ0n) is 4.95. The number of halogens is 1. The lowest BCUT2D eigenvalue weighted by molar-refractivity contribution is 0.956. The molecule has 0 heterocycles. The SMILES string of the molecule is CC1=C(Cl)C=CCC1. The van der Waals surface area contributed by atoms with E-state index >= 15 is 0 Å². The second-order valence-corrected chi connectivity index (χ2v) is 2.48. The summed E-state index contributed by atoms with van der Waals surface area (Å²) >= 11 is 5.76. The highest BCUT2D eigenvalue weighted by Gasteiger charge is 1.98. The van der Waals surface area contributed by atoms with Gasteiger partial charge < -0.3 is 0 Å². The molecule has 0 nitrogen and oxygen atoms in total. The van der Waals surface area contributed by atoms with E-state index in [9.17, 15) is 0 Å². The van der Waals surface area contributed by atoms with E-state index in [2.05, 4.69) is 13.0 Å². The van der Waals surface area contributed by atoms with Crippen LogP contribution >= 0.6 is 11.6 Å². The van der Waals surface area contributed by atoms with Gasteiger partial charge in [-0.25, -0.2) is 0 Å². The third-order valence-corrected chi connectivity index (χ3v) is 1.81. The van der Waals surface area contributed by atoms with Gasteiger partial charge in [-0.1, -0.05) is 23.3 Å². The van der Waals surface area contributed by atoms with E-state index in [1.165, 1.54) is 5.57 Å². The van der Waals surface area contributed by atoms with E-state index in [0.29, 0.717) is 0 Å². The Labute approximate surface area is 54.8 Å². The van der Waals surface area contributed by atoms with E-state index in [0.717, 1.165) is 17.9 Å². The molecule has 0 aromatic heterocycles. The molecule has 0 aromatic rings. The first kappa shape index (κ1) is 5.90. The molecule has 0 fully saturated rings. The maximum Gasteiger partial charge on any atom is 0.0392 e. The summed E-state index contributed by atoms with van der Waals surface area (Å²) in [6, 6.07) is 0. The summed E-state index contributed by atoms with van der Waals surface area (Å²) in [5.74, 6) is 0. The van der Waals surface area contributed by atoms with Crippen molar-refractivity contribution in [2.75, 3.05) is 0 Å². The van der Waals surface area contributed by atoms with Gasteiger partial charge in [-0.05, 0) is 25.8 Å². The largest absolute Gasteiger partial charge is 0.0844 e. The maximum atomic E-state index is 5.76. The van der Waals surface area contributed by atoms with Gasteiger partial charge in [0.2, 0.25) is 0 Å². The fourth-order valence-electron chi connectivity index (χ4n) is 0.748. The maximum absolute atomic E-state index is 5.76. The van der Waals surface area contributed by atoms with Gasteiger partial charge in [0, 0.05) is 5.03 Å². The highest BCUT2D eigenvalue weighted by molar-refractivity contribution is 6.31. The van der Waals surface area contributed by atoms with Crippen molar-refractivity contribution in [2.24, 2.45) is 0 Å². The minimum atomic E-state index is 0.927. The topological polar surface area (TPSA) is 0 Å². The molecule has 0 aromatic carbocycles. The zero-order valence-corrected chi connectivity index (χ0v) is 5.70. The molecule has 0 N–H and O–H groups in total. The van der Waals surface area contributed by atoms with Crippen molar-refractivity contribution in [3.05, 3.63) is 22.8 Å². The lowest BCUT2D eigenvalue weighted by Gasteiger charge is -2.04. The van der Waals surface area contributed by atoms with Crippen LogP contribution in [0.3, 0.4) is 0 Å². The van der Waals surface area contributed by atoms with Gasteiger partial charge >= 0.3 is 0 Å². The number of rotatable bonds is 0. The molecule has 1 heteroatoms. The highest BCUT2D eigenvalue weighted by Crippen LogP contribution is 2.20. The molecule has 0 unspecified atom stereocenters. The van der Waals surface area contributed by atoms with Gasteiger partial charge in [0.25, 0.3) is 0 Å². The smallest absolute Gasteiger partial charge is 0.0392 e. The Hall–Kier alpha value is -0.230. The quantitative estimate of drug-likeness (QED) is 0.471. The Morgan fingerprint density at radius 1 is 1.62 bits per heavy atom. The van der Waals surface area contributed by atoms with Crippen molar-refractivity contribution < 1.29 is 0 Å². The molecule has 1 aliphatic carbocycles. The summed E-state index contributed by atoms with van der Waals surface area (Å²) in [5.41, 5.74) is 1.31. The van der Waals surface area contributed by atoms with Gasteiger partial charge in [0.1, 0.15) is 0 Å². The second-order valence-electron chi connectivity index (χ2n) is 2.07. The van der Waals surface area contributed by atoms with E-state index in [4.69, 9.17) is 11.6 Å². The summed E-state index contributed by atoms with van der Waals surface area (Å²) in [4.78, 5) is 0. The normalized spacial score (nSPS) is 19.8. The van der Waals surface area contributed by atoms with Crippen molar-refractivity contribution in [3.63, 3.8) is 0 Å². The van der Waals surface area contributed by atoms with Gasteiger partial charge in [-0.3, -0.25) is 0 Å². The Morgan fingerprint density at radius 2 is 2.38 bits per heavy atom. The average Bonchev–Trinajstić information content (AvgIpc) is 1.77. The van der Waals surface area contributed by atoms with Crippen LogP contribution in [0.1, 0.15) is 19.8 Å². The molecule has 0 saturated carbocycles. The molecule has 0 aliphatic heterocycles. The van der Waals surface area contributed by atoms with Crippen molar-refractivity contribution in [3.8, 4) is 0 Å². The van der Waals surface area contributed by atoms with Crippen molar-refractivity contribution in [2.45, 2.75) is 19.8 Å². The minimum absolute atomic E-state index is 0.927. The summed E-state index contributed by atoms with van der Waals surface area (Å²) in [5, 5.41) is 0.927. The van der Waals surface area contributed by atoms with Crippen LogP contribution in [0.2, 0.25) is 0 Å². The van der Waals surface area contributed by atoms with Crippen LogP contribution in [0, 0.1) is 0 Å². The summed E-state index contributed by atoms with van der Waals surface area (Å²) in [7, 11) is 0. The summed E-state index contributed by atoms with van der Waals surface area (Å²) < 4.78 is 0. The van der Waals surface area contributed by atoms with Crippen LogP contribution in [0.4, 0.5) is 0 Å². The van der Waals surface area contributed by atoms with Gasteiger partial charge in [0.05, 0.1) is 0 Å². The molecule has 0 saturated heterocycles. The van der Waals surface area contributed by atoms with Crippen LogP contribution < -0.4 is 0 Å². The molecule has 0 atom stereocenters. The molecule has 44 valence electrons. The second kappa shape index (κ2) is 2.36. The highest BCUT2D eigenvalue weighted by atomic mass is 35.5. The van der Waals surface area contributed by atoms with Crippen LogP contribution in [0.15, 0.2) is 22.8 Å². The number of hydrogen-bond donors (Lipinski definition) is 0. The summed E-state index contributed by atoms with van der Waals surface area (Å²) in [6.45, 7) is 2.08. The Bertz CT molecular complexity index is 142. The lowest BCUT2D eigenvalue weighted by atomic mass is 10.1. The van der Waals surface area contributed by atoms with Crippen LogP contribution in [-0.4, -0.2) is 0 Å². The van der Waals surface area contributed by atoms with Gasteiger partial charge in [-0.2, -0.15) is 0 Å². The van der Waals surface area contributed by atoms with Gasteiger partial charge in [-0.15, -0.1) is 0 Å². The number of allylic oxidation sites excluding steroid dienone is 4. The van der Waals surface area contributed by atoms with Crippen molar-refractivity contribution >= 4 is 11.6 Å². The standard InChI is InChI=1S/C7H9Cl/c1-6-4-2-3-5-7(6)8/h3,5H,2,4H2,1H3. The molecular weight excluding hydrogens is 120 g/mol. The fraction of sp³-hybridized carbons (Fsp3) is 0.429. The Kier molecular flexibility index (Phi) is 1.74. The molecule has 0 spiro atoms. The summed E-state index contributed by atoms with van der Waals surface area (Å²) in [6.07, 6.45) is 6.37. The lowest BCUT2D eigenvalue weighted by Crippen LogP contribution is -1.83. The predicted molar refractivity (Wildman–Crippen MR) is 36.9 cm³/mol. The Balaban J connectivity index is 2.76. The Morgan fingerprint density at radius 3 is 2.75 bits per heavy atom. The zero-order chi connectivity index (χ0) is 5.98. The van der Waals surface area contributed by atoms with E-state index in [-0.39, 0.29) is 0 Å². The first-order valence-electron chi connectivity index (χ1n) is 2.82. The van der Waals surface area contributed by atoms with E-state index < -0.39 is 0 Å². The first-order valence-corrected chi connectivity index (χ1v) is 3.20. The van der Waals surface area contributed by atoms with Gasteiger partial charge in [0.15, 0.2) is 0 Å². The minimum Gasteiger partial charge on any atom is -0.0844 e. The van der Waals surface area contributed by atoms with E-state index in [1.807, 2.05) is 6.08 Å².